The molecular formula is C11H12N4OS. The van der Waals surface area contributed by atoms with Crippen molar-refractivity contribution in [2.45, 2.75) is 6.92 Å². The van der Waals surface area contributed by atoms with Crippen LogP contribution in [-0.4, -0.2) is 19.8 Å². The van der Waals surface area contributed by atoms with Crippen LogP contribution in [0.5, 0.6) is 11.6 Å². The van der Waals surface area contributed by atoms with E-state index < -0.39 is 0 Å². The molecule has 0 saturated heterocycles. The van der Waals surface area contributed by atoms with E-state index in [1.807, 2.05) is 20.0 Å². The minimum absolute atomic E-state index is 0.273. The first kappa shape index (κ1) is 11.5. The van der Waals surface area contributed by atoms with Crippen molar-refractivity contribution < 1.29 is 4.74 Å². The van der Waals surface area contributed by atoms with Gasteiger partial charge in [-0.1, -0.05) is 12.2 Å². The molecule has 0 aliphatic heterocycles. The second-order valence-electron chi connectivity index (χ2n) is 3.62. The van der Waals surface area contributed by atoms with Gasteiger partial charge in [0.25, 0.3) is 0 Å². The molecule has 5 nitrogen and oxygen atoms in total. The quantitative estimate of drug-likeness (QED) is 0.835. The number of nitrogens with two attached hydrogens (primary N) is 1. The van der Waals surface area contributed by atoms with Gasteiger partial charge in [0.15, 0.2) is 5.75 Å². The third kappa shape index (κ3) is 2.42. The summed E-state index contributed by atoms with van der Waals surface area (Å²) in [4.78, 5) is 4.41. The first-order chi connectivity index (χ1) is 8.08. The number of hydrogen-bond donors (Lipinski definition) is 1. The lowest BCUT2D eigenvalue weighted by Crippen LogP contribution is -2.13. The zero-order valence-corrected chi connectivity index (χ0v) is 10.4. The number of rotatable bonds is 3. The molecule has 0 aromatic carbocycles. The lowest BCUT2D eigenvalue weighted by molar-refractivity contribution is 0.461. The van der Waals surface area contributed by atoms with Gasteiger partial charge in [-0.05, 0) is 18.6 Å². The SMILES string of the molecule is Cc1ccnc(Oc2cnn(C)c2)c1C(N)=S. The monoisotopic (exact) mass is 248 g/mol. The maximum atomic E-state index is 5.66. The number of hydrogen-bond acceptors (Lipinski definition) is 4. The van der Waals surface area contributed by atoms with Gasteiger partial charge in [-0.2, -0.15) is 5.10 Å². The largest absolute Gasteiger partial charge is 0.435 e. The van der Waals surface area contributed by atoms with Crippen molar-refractivity contribution >= 4 is 17.2 Å². The molecule has 2 heterocycles. The summed E-state index contributed by atoms with van der Waals surface area (Å²) in [6.07, 6.45) is 5.00. The van der Waals surface area contributed by atoms with Gasteiger partial charge < -0.3 is 10.5 Å². The molecule has 0 atom stereocenters. The van der Waals surface area contributed by atoms with Crippen LogP contribution >= 0.6 is 12.2 Å². The standard InChI is InChI=1S/C11H12N4OS/c1-7-3-4-13-11(9(7)10(12)17)16-8-5-14-15(2)6-8/h3-6H,1-2H3,(H2,12,17). The number of ether oxygens (including phenoxy) is 1. The van der Waals surface area contributed by atoms with Crippen LogP contribution in [0.3, 0.4) is 0 Å². The van der Waals surface area contributed by atoms with E-state index in [1.165, 1.54) is 0 Å². The van der Waals surface area contributed by atoms with E-state index >= 15 is 0 Å². The molecule has 0 spiro atoms. The van der Waals surface area contributed by atoms with Gasteiger partial charge in [0.2, 0.25) is 5.88 Å². The summed E-state index contributed by atoms with van der Waals surface area (Å²) in [6, 6.07) is 1.84. The molecule has 0 amide bonds. The fourth-order valence-corrected chi connectivity index (χ4v) is 1.72. The second-order valence-corrected chi connectivity index (χ2v) is 4.06. The Balaban J connectivity index is 2.39. The average Bonchev–Trinajstić information content (AvgIpc) is 2.63. The van der Waals surface area contributed by atoms with Gasteiger partial charge in [0.1, 0.15) is 4.99 Å². The topological polar surface area (TPSA) is 66.0 Å². The first-order valence-corrected chi connectivity index (χ1v) is 5.40. The number of aryl methyl sites for hydroxylation is 2. The summed E-state index contributed by atoms with van der Waals surface area (Å²) in [5.74, 6) is 1.01. The highest BCUT2D eigenvalue weighted by Gasteiger charge is 2.12. The predicted octanol–water partition coefficient (Wildman–Crippen LogP) is 1.55. The van der Waals surface area contributed by atoms with E-state index in [2.05, 4.69) is 10.1 Å². The lowest BCUT2D eigenvalue weighted by atomic mass is 10.1. The van der Waals surface area contributed by atoms with Crippen molar-refractivity contribution in [1.29, 1.82) is 0 Å². The molecule has 0 fully saturated rings. The van der Waals surface area contributed by atoms with Crippen molar-refractivity contribution in [1.82, 2.24) is 14.8 Å². The van der Waals surface area contributed by atoms with Crippen LogP contribution in [-0.2, 0) is 7.05 Å². The van der Waals surface area contributed by atoms with Crippen LogP contribution in [0.15, 0.2) is 24.7 Å². The van der Waals surface area contributed by atoms with Crippen LogP contribution < -0.4 is 10.5 Å². The molecule has 17 heavy (non-hydrogen) atoms. The Hall–Kier alpha value is -1.95. The molecule has 0 radical (unpaired) electrons. The summed E-state index contributed by atoms with van der Waals surface area (Å²) in [6.45, 7) is 1.91. The highest BCUT2D eigenvalue weighted by atomic mass is 32.1. The van der Waals surface area contributed by atoms with Gasteiger partial charge in [-0.3, -0.25) is 4.68 Å². The number of pyridine rings is 1. The van der Waals surface area contributed by atoms with Crippen molar-refractivity contribution in [3.8, 4) is 11.6 Å². The third-order valence-corrected chi connectivity index (χ3v) is 2.47. The van der Waals surface area contributed by atoms with Crippen molar-refractivity contribution in [3.63, 3.8) is 0 Å². The Morgan fingerprint density at radius 2 is 2.29 bits per heavy atom. The van der Waals surface area contributed by atoms with Gasteiger partial charge in [0, 0.05) is 13.2 Å². The normalized spacial score (nSPS) is 10.2. The van der Waals surface area contributed by atoms with Crippen LogP contribution in [0.4, 0.5) is 0 Å². The van der Waals surface area contributed by atoms with E-state index in [1.54, 1.807) is 23.3 Å². The fourth-order valence-electron chi connectivity index (χ4n) is 1.47. The Morgan fingerprint density at radius 3 is 2.88 bits per heavy atom. The van der Waals surface area contributed by atoms with Crippen LogP contribution in [0.2, 0.25) is 0 Å². The second kappa shape index (κ2) is 4.50. The molecule has 0 aliphatic rings. The third-order valence-electron chi connectivity index (χ3n) is 2.27. The number of aromatic nitrogens is 3. The summed E-state index contributed by atoms with van der Waals surface area (Å²) < 4.78 is 7.25. The van der Waals surface area contributed by atoms with Gasteiger partial charge in [-0.25, -0.2) is 4.98 Å². The molecule has 2 aromatic rings. The predicted molar refractivity (Wildman–Crippen MR) is 68.1 cm³/mol. The minimum Gasteiger partial charge on any atom is -0.435 e. The molecular weight excluding hydrogens is 236 g/mol. The summed E-state index contributed by atoms with van der Waals surface area (Å²) in [5.41, 5.74) is 7.26. The maximum absolute atomic E-state index is 5.66. The highest BCUT2D eigenvalue weighted by Crippen LogP contribution is 2.24. The van der Waals surface area contributed by atoms with E-state index in [4.69, 9.17) is 22.7 Å². The maximum Gasteiger partial charge on any atom is 0.229 e. The summed E-state index contributed by atoms with van der Waals surface area (Å²) >= 11 is 5.00. The Morgan fingerprint density at radius 1 is 1.53 bits per heavy atom. The zero-order valence-electron chi connectivity index (χ0n) is 9.54. The van der Waals surface area contributed by atoms with Crippen LogP contribution in [0.25, 0.3) is 0 Å². The van der Waals surface area contributed by atoms with Gasteiger partial charge in [0.05, 0.1) is 18.0 Å². The lowest BCUT2D eigenvalue weighted by Gasteiger charge is -2.09. The van der Waals surface area contributed by atoms with Crippen molar-refractivity contribution in [2.75, 3.05) is 0 Å². The number of nitrogens with zero attached hydrogens (tertiary/aromatic N) is 3. The van der Waals surface area contributed by atoms with E-state index in [-0.39, 0.29) is 4.99 Å². The van der Waals surface area contributed by atoms with Crippen molar-refractivity contribution in [2.24, 2.45) is 12.8 Å². The molecule has 6 heteroatoms. The smallest absolute Gasteiger partial charge is 0.229 e. The minimum atomic E-state index is 0.273. The average molecular weight is 248 g/mol. The van der Waals surface area contributed by atoms with E-state index in [9.17, 15) is 0 Å². The molecule has 88 valence electrons. The Bertz CT molecular complexity index is 564. The van der Waals surface area contributed by atoms with Gasteiger partial charge >= 0.3 is 0 Å². The fraction of sp³-hybridized carbons (Fsp3) is 0.182. The number of thiocarbonyl (C=S) groups is 1. The Kier molecular flexibility index (Phi) is 3.06. The summed E-state index contributed by atoms with van der Waals surface area (Å²) in [5, 5.41) is 4.01. The van der Waals surface area contributed by atoms with E-state index in [0.717, 1.165) is 5.56 Å². The molecule has 0 aliphatic carbocycles. The van der Waals surface area contributed by atoms with Crippen molar-refractivity contribution in [3.05, 3.63) is 35.8 Å². The molecule has 0 unspecified atom stereocenters. The molecule has 0 saturated carbocycles. The molecule has 2 rings (SSSR count). The van der Waals surface area contributed by atoms with Crippen LogP contribution in [0.1, 0.15) is 11.1 Å². The van der Waals surface area contributed by atoms with Gasteiger partial charge in [-0.15, -0.1) is 0 Å². The van der Waals surface area contributed by atoms with E-state index in [0.29, 0.717) is 17.2 Å². The molecule has 2 aromatic heterocycles. The Labute approximate surface area is 104 Å². The highest BCUT2D eigenvalue weighted by molar-refractivity contribution is 7.80. The zero-order chi connectivity index (χ0) is 12.4. The summed E-state index contributed by atoms with van der Waals surface area (Å²) in [7, 11) is 1.81. The molecule has 2 N–H and O–H groups in total. The van der Waals surface area contributed by atoms with Crippen LogP contribution in [0, 0.1) is 6.92 Å². The first-order valence-electron chi connectivity index (χ1n) is 5.00. The molecule has 0 bridgehead atoms.